The lowest BCUT2D eigenvalue weighted by Crippen LogP contribution is -2.34. The van der Waals surface area contributed by atoms with Gasteiger partial charge in [-0.2, -0.15) is 0 Å². The molecule has 0 saturated carbocycles. The molecule has 1 atom stereocenters. The highest BCUT2D eigenvalue weighted by Gasteiger charge is 2.10. The van der Waals surface area contributed by atoms with E-state index in [1.807, 2.05) is 0 Å². The van der Waals surface area contributed by atoms with Crippen LogP contribution in [-0.2, 0) is 0 Å². The van der Waals surface area contributed by atoms with E-state index < -0.39 is 0 Å². The Bertz CT molecular complexity index is 91.8. The van der Waals surface area contributed by atoms with E-state index in [4.69, 9.17) is 0 Å². The number of aliphatic hydroxyl groups excluding tert-OH is 1. The number of hydrogen-bond donors (Lipinski definition) is 1. The van der Waals surface area contributed by atoms with Gasteiger partial charge in [-0.25, -0.2) is 0 Å². The molecule has 0 rings (SSSR count). The fourth-order valence-corrected chi connectivity index (χ4v) is 1.40. The lowest BCUT2D eigenvalue weighted by Gasteiger charge is -2.24. The normalized spacial score (nSPS) is 13.8. The molecule has 0 aromatic carbocycles. The van der Waals surface area contributed by atoms with Crippen LogP contribution in [0.1, 0.15) is 46.5 Å². The van der Waals surface area contributed by atoms with E-state index in [0.717, 1.165) is 25.9 Å². The first-order valence-electron chi connectivity index (χ1n) is 5.18. The van der Waals surface area contributed by atoms with Gasteiger partial charge in [0.2, 0.25) is 0 Å². The molecule has 0 radical (unpaired) electrons. The third-order valence-electron chi connectivity index (χ3n) is 2.30. The molecule has 0 aliphatic heterocycles. The average molecular weight is 173 g/mol. The Hall–Kier alpha value is -0.0800. The Morgan fingerprint density at radius 1 is 1.08 bits per heavy atom. The largest absolute Gasteiger partial charge is 0.378 e. The summed E-state index contributed by atoms with van der Waals surface area (Å²) >= 11 is 0. The molecular formula is C10H23NO. The first kappa shape index (κ1) is 11.9. The number of aliphatic hydroxyl groups is 1. The van der Waals surface area contributed by atoms with E-state index in [2.05, 4.69) is 25.7 Å². The molecule has 0 amide bonds. The molecule has 2 nitrogen and oxygen atoms in total. The predicted octanol–water partition coefficient (Wildman–Crippen LogP) is 2.23. The lowest BCUT2D eigenvalue weighted by atomic mass is 10.2. The first-order valence-corrected chi connectivity index (χ1v) is 5.18. The van der Waals surface area contributed by atoms with E-state index in [9.17, 15) is 5.11 Å². The number of unbranched alkanes of at least 4 members (excludes halogenated alkanes) is 2. The molecule has 0 aromatic heterocycles. The first-order chi connectivity index (χ1) is 5.76. The maximum atomic E-state index is 9.66. The van der Waals surface area contributed by atoms with Crippen LogP contribution in [-0.4, -0.2) is 29.3 Å². The van der Waals surface area contributed by atoms with Crippen LogP contribution >= 0.6 is 0 Å². The Morgan fingerprint density at radius 2 is 1.67 bits per heavy atom. The van der Waals surface area contributed by atoms with Crippen molar-refractivity contribution in [2.75, 3.05) is 13.1 Å². The van der Waals surface area contributed by atoms with E-state index >= 15 is 0 Å². The third-order valence-corrected chi connectivity index (χ3v) is 2.30. The van der Waals surface area contributed by atoms with Crippen LogP contribution in [0, 0.1) is 0 Å². The molecule has 1 unspecified atom stereocenters. The van der Waals surface area contributed by atoms with Crippen molar-refractivity contribution in [3.63, 3.8) is 0 Å². The Morgan fingerprint density at radius 3 is 2.08 bits per heavy atom. The molecule has 2 heteroatoms. The summed E-state index contributed by atoms with van der Waals surface area (Å²) < 4.78 is 0. The second kappa shape index (κ2) is 7.56. The fraction of sp³-hybridized carbons (Fsp3) is 1.00. The van der Waals surface area contributed by atoms with Gasteiger partial charge < -0.3 is 5.11 Å². The van der Waals surface area contributed by atoms with Gasteiger partial charge in [0, 0.05) is 0 Å². The average Bonchev–Trinajstić information content (AvgIpc) is 2.07. The molecule has 1 N–H and O–H groups in total. The topological polar surface area (TPSA) is 23.5 Å². The highest BCUT2D eigenvalue weighted by Crippen LogP contribution is 2.06. The highest BCUT2D eigenvalue weighted by atomic mass is 16.3. The molecule has 0 aliphatic carbocycles. The maximum Gasteiger partial charge on any atom is 0.107 e. The van der Waals surface area contributed by atoms with Crippen molar-refractivity contribution in [3.8, 4) is 0 Å². The summed E-state index contributed by atoms with van der Waals surface area (Å²) in [6.07, 6.45) is 4.32. The monoisotopic (exact) mass is 173 g/mol. The zero-order valence-electron chi connectivity index (χ0n) is 8.71. The van der Waals surface area contributed by atoms with Crippen LogP contribution in [0.2, 0.25) is 0 Å². The summed E-state index contributed by atoms with van der Waals surface area (Å²) in [4.78, 5) is 2.09. The minimum atomic E-state index is -0.216. The SMILES string of the molecule is CCCCCC(O)N(CC)CC. The van der Waals surface area contributed by atoms with Crippen LogP contribution in [0.25, 0.3) is 0 Å². The Labute approximate surface area is 76.6 Å². The summed E-state index contributed by atoms with van der Waals surface area (Å²) in [7, 11) is 0. The molecule has 0 saturated heterocycles. The smallest absolute Gasteiger partial charge is 0.107 e. The van der Waals surface area contributed by atoms with Crippen LogP contribution in [0.4, 0.5) is 0 Å². The van der Waals surface area contributed by atoms with Crippen molar-refractivity contribution in [3.05, 3.63) is 0 Å². The third kappa shape index (κ3) is 4.73. The van der Waals surface area contributed by atoms with Gasteiger partial charge in [0.1, 0.15) is 6.23 Å². The second-order valence-corrected chi connectivity index (χ2v) is 3.20. The fourth-order valence-electron chi connectivity index (χ4n) is 1.40. The number of hydrogen-bond acceptors (Lipinski definition) is 2. The minimum Gasteiger partial charge on any atom is -0.378 e. The van der Waals surface area contributed by atoms with Crippen LogP contribution in [0.15, 0.2) is 0 Å². The molecule has 12 heavy (non-hydrogen) atoms. The van der Waals surface area contributed by atoms with Gasteiger partial charge >= 0.3 is 0 Å². The molecule has 0 heterocycles. The van der Waals surface area contributed by atoms with Crippen molar-refractivity contribution in [1.82, 2.24) is 4.90 Å². The van der Waals surface area contributed by atoms with Crippen molar-refractivity contribution in [2.24, 2.45) is 0 Å². The van der Waals surface area contributed by atoms with Crippen LogP contribution in [0.5, 0.6) is 0 Å². The van der Waals surface area contributed by atoms with E-state index in [1.165, 1.54) is 12.8 Å². The molecular weight excluding hydrogens is 150 g/mol. The van der Waals surface area contributed by atoms with Crippen LogP contribution in [0.3, 0.4) is 0 Å². The molecule has 0 fully saturated rings. The number of nitrogens with zero attached hydrogens (tertiary/aromatic N) is 1. The quantitative estimate of drug-likeness (QED) is 0.471. The molecule has 0 aromatic rings. The predicted molar refractivity (Wildman–Crippen MR) is 53.1 cm³/mol. The molecule has 0 aliphatic rings. The lowest BCUT2D eigenvalue weighted by molar-refractivity contribution is 0.00286. The zero-order valence-corrected chi connectivity index (χ0v) is 8.71. The highest BCUT2D eigenvalue weighted by molar-refractivity contribution is 4.57. The van der Waals surface area contributed by atoms with E-state index in [1.54, 1.807) is 0 Å². The summed E-state index contributed by atoms with van der Waals surface area (Å²) in [6, 6.07) is 0. The standard InChI is InChI=1S/C10H23NO/c1-4-7-8-9-10(12)11(5-2)6-3/h10,12H,4-9H2,1-3H3. The van der Waals surface area contributed by atoms with Crippen molar-refractivity contribution < 1.29 is 5.11 Å². The Kier molecular flexibility index (Phi) is 7.51. The zero-order chi connectivity index (χ0) is 9.40. The van der Waals surface area contributed by atoms with Gasteiger partial charge in [-0.05, 0) is 25.9 Å². The van der Waals surface area contributed by atoms with Gasteiger partial charge in [0.25, 0.3) is 0 Å². The van der Waals surface area contributed by atoms with Gasteiger partial charge in [-0.1, -0.05) is 33.6 Å². The molecule has 0 spiro atoms. The summed E-state index contributed by atoms with van der Waals surface area (Å²) in [6.45, 7) is 8.26. The number of rotatable bonds is 7. The van der Waals surface area contributed by atoms with Gasteiger partial charge in [-0.15, -0.1) is 0 Å². The van der Waals surface area contributed by atoms with E-state index in [-0.39, 0.29) is 6.23 Å². The van der Waals surface area contributed by atoms with Crippen molar-refractivity contribution >= 4 is 0 Å². The summed E-state index contributed by atoms with van der Waals surface area (Å²) in [5.74, 6) is 0. The summed E-state index contributed by atoms with van der Waals surface area (Å²) in [5.41, 5.74) is 0. The van der Waals surface area contributed by atoms with Crippen LogP contribution < -0.4 is 0 Å². The van der Waals surface area contributed by atoms with Gasteiger partial charge in [-0.3, -0.25) is 4.90 Å². The van der Waals surface area contributed by atoms with Crippen molar-refractivity contribution in [2.45, 2.75) is 52.7 Å². The second-order valence-electron chi connectivity index (χ2n) is 3.20. The van der Waals surface area contributed by atoms with E-state index in [0.29, 0.717) is 0 Å². The van der Waals surface area contributed by atoms with Crippen molar-refractivity contribution in [1.29, 1.82) is 0 Å². The maximum absolute atomic E-state index is 9.66. The Balaban J connectivity index is 3.47. The molecule has 0 bridgehead atoms. The van der Waals surface area contributed by atoms with Gasteiger partial charge in [0.05, 0.1) is 0 Å². The minimum absolute atomic E-state index is 0.216. The molecule has 74 valence electrons. The summed E-state index contributed by atoms with van der Waals surface area (Å²) in [5, 5.41) is 9.66. The van der Waals surface area contributed by atoms with Gasteiger partial charge in [0.15, 0.2) is 0 Å².